The number of hydrogen-bond donors (Lipinski definition) is 1. The zero-order chi connectivity index (χ0) is 19.1. The molecule has 7 nitrogen and oxygen atoms in total. The fourth-order valence-electron chi connectivity index (χ4n) is 3.24. The molecule has 1 aliphatic heterocycles. The molecule has 0 radical (unpaired) electrons. The lowest BCUT2D eigenvalue weighted by atomic mass is 10.0. The first-order chi connectivity index (χ1) is 12.5. The molecular formula is C19H26N2O5. The maximum absolute atomic E-state index is 12.8. The number of methoxy groups -OCH3 is 2. The predicted octanol–water partition coefficient (Wildman–Crippen LogP) is 2.46. The van der Waals surface area contributed by atoms with Gasteiger partial charge in [-0.15, -0.1) is 0 Å². The number of nitrogens with one attached hydrogen (secondary N) is 1. The van der Waals surface area contributed by atoms with Crippen molar-refractivity contribution in [3.63, 3.8) is 0 Å². The van der Waals surface area contributed by atoms with Crippen LogP contribution in [0.25, 0.3) is 0 Å². The third-order valence-corrected chi connectivity index (χ3v) is 4.47. The van der Waals surface area contributed by atoms with Crippen LogP contribution in [0.1, 0.15) is 53.3 Å². The van der Waals surface area contributed by atoms with E-state index in [4.69, 9.17) is 9.47 Å². The van der Waals surface area contributed by atoms with Crippen molar-refractivity contribution in [2.45, 2.75) is 38.6 Å². The van der Waals surface area contributed by atoms with E-state index < -0.39 is 11.9 Å². The number of piperidine rings is 1. The Bertz CT molecular complexity index is 638. The highest BCUT2D eigenvalue weighted by molar-refractivity contribution is 6.00. The second-order valence-corrected chi connectivity index (χ2v) is 6.32. The van der Waals surface area contributed by atoms with E-state index in [1.165, 1.54) is 32.4 Å². The highest BCUT2D eigenvalue weighted by Crippen LogP contribution is 2.21. The molecule has 1 aromatic rings. The summed E-state index contributed by atoms with van der Waals surface area (Å²) in [4.78, 5) is 38.7. The minimum absolute atomic E-state index is 0.129. The smallest absolute Gasteiger partial charge is 0.337 e. The molecule has 7 heteroatoms. The molecule has 1 atom stereocenters. The van der Waals surface area contributed by atoms with E-state index in [-0.39, 0.29) is 23.1 Å². The van der Waals surface area contributed by atoms with E-state index in [1.807, 2.05) is 0 Å². The van der Waals surface area contributed by atoms with Crippen LogP contribution in [0.3, 0.4) is 0 Å². The number of nitrogens with zero attached hydrogens (tertiary/aromatic N) is 1. The summed E-state index contributed by atoms with van der Waals surface area (Å²) in [7, 11) is 2.52. The van der Waals surface area contributed by atoms with Crippen LogP contribution in [0, 0.1) is 0 Å². The number of hydrogen-bond acceptors (Lipinski definition) is 6. The predicted molar refractivity (Wildman–Crippen MR) is 97.3 cm³/mol. The number of carbonyl (C=O) groups excluding carboxylic acids is 3. The Hall–Kier alpha value is -2.41. The van der Waals surface area contributed by atoms with Crippen LogP contribution >= 0.6 is 0 Å². The number of ether oxygens (including phenoxy) is 2. The van der Waals surface area contributed by atoms with E-state index in [2.05, 4.69) is 17.1 Å². The standard InChI is InChI=1S/C19H26N2O5/c1-4-8-21-9-6-5-7-16(21)17(22)20-15-11-13(18(23)25-2)10-14(12-15)19(24)26-3/h10-12,16H,4-9H2,1-3H3,(H,20,22). The fourth-order valence-corrected chi connectivity index (χ4v) is 3.24. The van der Waals surface area contributed by atoms with E-state index in [1.54, 1.807) is 0 Å². The molecule has 1 fully saturated rings. The van der Waals surface area contributed by atoms with Crippen molar-refractivity contribution in [2.24, 2.45) is 0 Å². The van der Waals surface area contributed by atoms with Gasteiger partial charge < -0.3 is 14.8 Å². The quantitative estimate of drug-likeness (QED) is 0.783. The molecule has 1 N–H and O–H groups in total. The van der Waals surface area contributed by atoms with Crippen molar-refractivity contribution in [1.82, 2.24) is 4.90 Å². The van der Waals surface area contributed by atoms with Crippen LogP contribution in [0.15, 0.2) is 18.2 Å². The Morgan fingerprint density at radius 2 is 1.69 bits per heavy atom. The van der Waals surface area contributed by atoms with Crippen molar-refractivity contribution in [3.05, 3.63) is 29.3 Å². The molecular weight excluding hydrogens is 336 g/mol. The van der Waals surface area contributed by atoms with Gasteiger partial charge in [0.25, 0.3) is 0 Å². The Morgan fingerprint density at radius 1 is 1.08 bits per heavy atom. The zero-order valence-electron chi connectivity index (χ0n) is 15.5. The summed E-state index contributed by atoms with van der Waals surface area (Å²) in [5.41, 5.74) is 0.736. The van der Waals surface area contributed by atoms with Gasteiger partial charge in [-0.05, 0) is 50.6 Å². The maximum Gasteiger partial charge on any atom is 0.337 e. The maximum atomic E-state index is 12.8. The van der Waals surface area contributed by atoms with Crippen LogP contribution < -0.4 is 5.32 Å². The Balaban J connectivity index is 2.24. The van der Waals surface area contributed by atoms with Crippen molar-refractivity contribution >= 4 is 23.5 Å². The lowest BCUT2D eigenvalue weighted by Crippen LogP contribution is -2.47. The van der Waals surface area contributed by atoms with Gasteiger partial charge in [-0.25, -0.2) is 9.59 Å². The highest BCUT2D eigenvalue weighted by atomic mass is 16.5. The second kappa shape index (κ2) is 9.33. The third-order valence-electron chi connectivity index (χ3n) is 4.47. The normalized spacial score (nSPS) is 17.4. The van der Waals surface area contributed by atoms with E-state index in [9.17, 15) is 14.4 Å². The van der Waals surface area contributed by atoms with Gasteiger partial charge >= 0.3 is 11.9 Å². The first-order valence-corrected chi connectivity index (χ1v) is 8.86. The fraction of sp³-hybridized carbons (Fsp3) is 0.526. The van der Waals surface area contributed by atoms with Crippen molar-refractivity contribution in [2.75, 3.05) is 32.6 Å². The third kappa shape index (κ3) is 4.82. The largest absolute Gasteiger partial charge is 0.465 e. The van der Waals surface area contributed by atoms with Gasteiger partial charge in [0.15, 0.2) is 0 Å². The van der Waals surface area contributed by atoms with Crippen LogP contribution in [0.2, 0.25) is 0 Å². The van der Waals surface area contributed by atoms with Gasteiger partial charge in [0.2, 0.25) is 5.91 Å². The Labute approximate surface area is 153 Å². The number of carbonyl (C=O) groups is 3. The highest BCUT2D eigenvalue weighted by Gasteiger charge is 2.28. The van der Waals surface area contributed by atoms with Gasteiger partial charge in [0, 0.05) is 5.69 Å². The molecule has 0 saturated carbocycles. The lowest BCUT2D eigenvalue weighted by molar-refractivity contribution is -0.122. The summed E-state index contributed by atoms with van der Waals surface area (Å²) < 4.78 is 9.44. The van der Waals surface area contributed by atoms with Gasteiger partial charge in [-0.2, -0.15) is 0 Å². The van der Waals surface area contributed by atoms with Crippen molar-refractivity contribution in [3.8, 4) is 0 Å². The molecule has 142 valence electrons. The molecule has 0 aliphatic carbocycles. The summed E-state index contributed by atoms with van der Waals surface area (Å²) in [5.74, 6) is -1.30. The summed E-state index contributed by atoms with van der Waals surface area (Å²) in [6.45, 7) is 3.86. The van der Waals surface area contributed by atoms with E-state index in [0.717, 1.165) is 38.8 Å². The van der Waals surface area contributed by atoms with E-state index >= 15 is 0 Å². The molecule has 1 amide bonds. The Kier molecular flexibility index (Phi) is 7.15. The van der Waals surface area contributed by atoms with Crippen molar-refractivity contribution < 1.29 is 23.9 Å². The molecule has 1 saturated heterocycles. The average molecular weight is 362 g/mol. The number of likely N-dealkylation sites (tertiary alicyclic amines) is 1. The van der Waals surface area contributed by atoms with Crippen LogP contribution in [-0.4, -0.2) is 56.1 Å². The zero-order valence-corrected chi connectivity index (χ0v) is 15.5. The van der Waals surface area contributed by atoms with Gasteiger partial charge in [0.05, 0.1) is 31.4 Å². The summed E-state index contributed by atoms with van der Waals surface area (Å²) in [6.07, 6.45) is 3.88. The molecule has 0 bridgehead atoms. The molecule has 26 heavy (non-hydrogen) atoms. The minimum atomic E-state index is -0.587. The van der Waals surface area contributed by atoms with Gasteiger partial charge in [-0.1, -0.05) is 13.3 Å². The van der Waals surface area contributed by atoms with Crippen LogP contribution in [0.5, 0.6) is 0 Å². The molecule has 1 aromatic carbocycles. The van der Waals surface area contributed by atoms with Crippen molar-refractivity contribution in [1.29, 1.82) is 0 Å². The molecule has 1 unspecified atom stereocenters. The lowest BCUT2D eigenvalue weighted by Gasteiger charge is -2.34. The minimum Gasteiger partial charge on any atom is -0.465 e. The van der Waals surface area contributed by atoms with E-state index in [0.29, 0.717) is 5.69 Å². The molecule has 1 heterocycles. The molecule has 2 rings (SSSR count). The first-order valence-electron chi connectivity index (χ1n) is 8.86. The number of benzene rings is 1. The number of anilines is 1. The first kappa shape index (κ1) is 19.9. The topological polar surface area (TPSA) is 84.9 Å². The number of rotatable bonds is 6. The molecule has 1 aliphatic rings. The summed E-state index contributed by atoms with van der Waals surface area (Å²) in [6, 6.07) is 4.19. The number of amides is 1. The van der Waals surface area contributed by atoms with Crippen LogP contribution in [-0.2, 0) is 14.3 Å². The van der Waals surface area contributed by atoms with Gasteiger partial charge in [-0.3, -0.25) is 9.69 Å². The number of esters is 2. The Morgan fingerprint density at radius 3 is 2.23 bits per heavy atom. The average Bonchev–Trinajstić information content (AvgIpc) is 2.67. The summed E-state index contributed by atoms with van der Waals surface area (Å²) in [5, 5.41) is 2.84. The monoisotopic (exact) mass is 362 g/mol. The molecule has 0 aromatic heterocycles. The second-order valence-electron chi connectivity index (χ2n) is 6.32. The SMILES string of the molecule is CCCN1CCCCC1C(=O)Nc1cc(C(=O)OC)cc(C(=O)OC)c1. The molecule has 0 spiro atoms. The van der Waals surface area contributed by atoms with Crippen LogP contribution in [0.4, 0.5) is 5.69 Å². The van der Waals surface area contributed by atoms with Gasteiger partial charge in [0.1, 0.15) is 0 Å². The summed E-state index contributed by atoms with van der Waals surface area (Å²) >= 11 is 0.